The van der Waals surface area contributed by atoms with Gasteiger partial charge in [-0.1, -0.05) is 24.3 Å². The van der Waals surface area contributed by atoms with Crippen LogP contribution in [-0.4, -0.2) is 64.2 Å². The number of carbonyl (C=O) groups is 1. The number of piperazine rings is 1. The van der Waals surface area contributed by atoms with Gasteiger partial charge in [-0.05, 0) is 54.1 Å². The number of benzene rings is 3. The van der Waals surface area contributed by atoms with Gasteiger partial charge >= 0.3 is 0 Å². The third-order valence-corrected chi connectivity index (χ3v) is 6.43. The highest BCUT2D eigenvalue weighted by molar-refractivity contribution is 5.77. The number of rotatable bonds is 9. The summed E-state index contributed by atoms with van der Waals surface area (Å²) in [7, 11) is 3.99. The smallest absolute Gasteiger partial charge is 0.258 e. The van der Waals surface area contributed by atoms with E-state index in [1.165, 1.54) is 24.3 Å². The summed E-state index contributed by atoms with van der Waals surface area (Å²) in [6.07, 6.45) is 0. The quantitative estimate of drug-likeness (QED) is 0.486. The SMILES string of the molecule is CN(C)c1ccc(C(CNC(=O)COc2ccccc2F)N2CCN(c3ccc(F)cc3)CC2)cc1. The summed E-state index contributed by atoms with van der Waals surface area (Å²) in [6.45, 7) is 3.31. The lowest BCUT2D eigenvalue weighted by Crippen LogP contribution is -2.50. The van der Waals surface area contributed by atoms with Crippen LogP contribution in [0.5, 0.6) is 5.75 Å². The van der Waals surface area contributed by atoms with Crippen molar-refractivity contribution in [2.45, 2.75) is 6.04 Å². The molecule has 1 aliphatic rings. The van der Waals surface area contributed by atoms with E-state index in [4.69, 9.17) is 4.74 Å². The zero-order chi connectivity index (χ0) is 25.5. The van der Waals surface area contributed by atoms with Crippen LogP contribution in [0.1, 0.15) is 11.6 Å². The Hall–Kier alpha value is -3.65. The average Bonchev–Trinajstić information content (AvgIpc) is 2.89. The van der Waals surface area contributed by atoms with Gasteiger partial charge in [-0.2, -0.15) is 0 Å². The first-order chi connectivity index (χ1) is 17.4. The molecule has 1 amide bonds. The Morgan fingerprint density at radius 3 is 2.25 bits per heavy atom. The van der Waals surface area contributed by atoms with Crippen molar-refractivity contribution in [2.75, 3.05) is 63.2 Å². The van der Waals surface area contributed by atoms with Gasteiger partial charge in [-0.15, -0.1) is 0 Å². The molecule has 8 heteroatoms. The van der Waals surface area contributed by atoms with Gasteiger partial charge < -0.3 is 19.9 Å². The Morgan fingerprint density at radius 2 is 1.61 bits per heavy atom. The van der Waals surface area contributed by atoms with Crippen LogP contribution in [0.15, 0.2) is 72.8 Å². The van der Waals surface area contributed by atoms with Crippen LogP contribution in [0.2, 0.25) is 0 Å². The molecule has 3 aromatic rings. The van der Waals surface area contributed by atoms with E-state index in [0.717, 1.165) is 43.1 Å². The van der Waals surface area contributed by atoms with Crippen molar-refractivity contribution >= 4 is 17.3 Å². The average molecular weight is 495 g/mol. The molecule has 0 saturated carbocycles. The number of hydrogen-bond donors (Lipinski definition) is 1. The lowest BCUT2D eigenvalue weighted by Gasteiger charge is -2.40. The van der Waals surface area contributed by atoms with Crippen molar-refractivity contribution in [1.29, 1.82) is 0 Å². The molecule has 4 rings (SSSR count). The highest BCUT2D eigenvalue weighted by atomic mass is 19.1. The number of amides is 1. The van der Waals surface area contributed by atoms with Crippen LogP contribution in [0.4, 0.5) is 20.2 Å². The highest BCUT2D eigenvalue weighted by Crippen LogP contribution is 2.26. The number of ether oxygens (including phenoxy) is 1. The maximum atomic E-state index is 13.8. The van der Waals surface area contributed by atoms with Crippen LogP contribution >= 0.6 is 0 Å². The molecule has 0 radical (unpaired) electrons. The maximum absolute atomic E-state index is 13.8. The molecule has 3 aromatic carbocycles. The van der Waals surface area contributed by atoms with Crippen molar-refractivity contribution < 1.29 is 18.3 Å². The molecule has 1 fully saturated rings. The summed E-state index contributed by atoms with van der Waals surface area (Å²) in [5, 5.41) is 2.96. The molecule has 0 spiro atoms. The molecule has 0 aliphatic carbocycles. The Kier molecular flexibility index (Phi) is 8.38. The van der Waals surface area contributed by atoms with Crippen molar-refractivity contribution in [3.63, 3.8) is 0 Å². The minimum Gasteiger partial charge on any atom is -0.481 e. The van der Waals surface area contributed by atoms with E-state index in [9.17, 15) is 13.6 Å². The number of nitrogens with one attached hydrogen (secondary N) is 1. The Bertz CT molecular complexity index is 1130. The summed E-state index contributed by atoms with van der Waals surface area (Å²) in [4.78, 5) is 19.2. The number of hydrogen-bond acceptors (Lipinski definition) is 5. The van der Waals surface area contributed by atoms with E-state index >= 15 is 0 Å². The van der Waals surface area contributed by atoms with Crippen LogP contribution in [-0.2, 0) is 4.79 Å². The fraction of sp³-hybridized carbons (Fsp3) is 0.321. The van der Waals surface area contributed by atoms with Gasteiger partial charge in [-0.3, -0.25) is 9.69 Å². The van der Waals surface area contributed by atoms with Crippen molar-refractivity contribution in [1.82, 2.24) is 10.2 Å². The van der Waals surface area contributed by atoms with Crippen LogP contribution in [0, 0.1) is 11.6 Å². The monoisotopic (exact) mass is 494 g/mol. The summed E-state index contributed by atoms with van der Waals surface area (Å²) in [5.74, 6) is -0.991. The van der Waals surface area contributed by atoms with Gasteiger partial charge in [0.15, 0.2) is 18.2 Å². The number of carbonyl (C=O) groups excluding carboxylic acids is 1. The molecule has 1 heterocycles. The van der Waals surface area contributed by atoms with Crippen molar-refractivity contribution in [3.8, 4) is 5.75 Å². The normalized spacial score (nSPS) is 14.8. The lowest BCUT2D eigenvalue weighted by atomic mass is 10.0. The minimum atomic E-state index is -0.497. The summed E-state index contributed by atoms with van der Waals surface area (Å²) >= 11 is 0. The molecule has 1 saturated heterocycles. The van der Waals surface area contributed by atoms with E-state index < -0.39 is 5.82 Å². The molecular weight excluding hydrogens is 462 g/mol. The molecule has 1 aliphatic heterocycles. The topological polar surface area (TPSA) is 48.1 Å². The van der Waals surface area contributed by atoms with E-state index in [1.807, 2.05) is 19.0 Å². The number of halogens is 2. The van der Waals surface area contributed by atoms with E-state index in [2.05, 4.69) is 39.4 Å². The number of para-hydroxylation sites is 1. The molecule has 1 atom stereocenters. The Morgan fingerprint density at radius 1 is 0.944 bits per heavy atom. The first-order valence-corrected chi connectivity index (χ1v) is 12.1. The summed E-state index contributed by atoms with van der Waals surface area (Å²) in [5.41, 5.74) is 3.20. The van der Waals surface area contributed by atoms with Gasteiger partial charge in [0, 0.05) is 58.2 Å². The molecule has 1 unspecified atom stereocenters. The van der Waals surface area contributed by atoms with Gasteiger partial charge in [0.2, 0.25) is 0 Å². The first kappa shape index (κ1) is 25.4. The zero-order valence-corrected chi connectivity index (χ0v) is 20.7. The highest BCUT2D eigenvalue weighted by Gasteiger charge is 2.26. The van der Waals surface area contributed by atoms with E-state index in [-0.39, 0.29) is 30.1 Å². The summed E-state index contributed by atoms with van der Waals surface area (Å²) < 4.78 is 32.5. The largest absolute Gasteiger partial charge is 0.481 e. The van der Waals surface area contributed by atoms with E-state index in [0.29, 0.717) is 6.54 Å². The minimum absolute atomic E-state index is 0.0333. The molecular formula is C28H32F2N4O2. The fourth-order valence-corrected chi connectivity index (χ4v) is 4.36. The molecule has 190 valence electrons. The second kappa shape index (κ2) is 11.9. The van der Waals surface area contributed by atoms with Gasteiger partial charge in [0.05, 0.1) is 6.04 Å². The molecule has 1 N–H and O–H groups in total. The molecule has 36 heavy (non-hydrogen) atoms. The molecule has 0 aromatic heterocycles. The molecule has 0 bridgehead atoms. The third kappa shape index (κ3) is 6.51. The van der Waals surface area contributed by atoms with Gasteiger partial charge in [0.25, 0.3) is 5.91 Å². The van der Waals surface area contributed by atoms with Crippen LogP contribution in [0.25, 0.3) is 0 Å². The fourth-order valence-electron chi connectivity index (χ4n) is 4.36. The first-order valence-electron chi connectivity index (χ1n) is 12.1. The predicted molar refractivity (Wildman–Crippen MR) is 139 cm³/mol. The van der Waals surface area contributed by atoms with Crippen LogP contribution in [0.3, 0.4) is 0 Å². The number of anilines is 2. The maximum Gasteiger partial charge on any atom is 0.258 e. The Labute approximate surface area is 211 Å². The third-order valence-electron chi connectivity index (χ3n) is 6.43. The predicted octanol–water partition coefficient (Wildman–Crippen LogP) is 4.09. The van der Waals surface area contributed by atoms with Crippen molar-refractivity contribution in [3.05, 3.63) is 90.0 Å². The standard InChI is InChI=1S/C28H32F2N4O2/c1-32(2)23-11-7-21(8-12-23)26(19-31-28(35)20-36-27-6-4-3-5-25(27)30)34-17-15-33(16-18-34)24-13-9-22(29)10-14-24/h3-14,26H,15-20H2,1-2H3,(H,31,35). The lowest BCUT2D eigenvalue weighted by molar-refractivity contribution is -0.123. The zero-order valence-electron chi connectivity index (χ0n) is 20.7. The second-order valence-electron chi connectivity index (χ2n) is 9.02. The Balaban J connectivity index is 1.40. The van der Waals surface area contributed by atoms with Crippen LogP contribution < -0.4 is 19.9 Å². The molecule has 6 nitrogen and oxygen atoms in total. The van der Waals surface area contributed by atoms with Gasteiger partial charge in [-0.25, -0.2) is 8.78 Å². The van der Waals surface area contributed by atoms with Gasteiger partial charge in [0.1, 0.15) is 5.82 Å². The summed E-state index contributed by atoms with van der Waals surface area (Å²) in [6, 6.07) is 20.9. The second-order valence-corrected chi connectivity index (χ2v) is 9.02. The van der Waals surface area contributed by atoms with E-state index in [1.54, 1.807) is 24.3 Å². The number of nitrogens with zero attached hydrogens (tertiary/aromatic N) is 3. The van der Waals surface area contributed by atoms with Crippen molar-refractivity contribution in [2.24, 2.45) is 0 Å².